The number of aryl methyl sites for hydroxylation is 1. The van der Waals surface area contributed by atoms with Crippen molar-refractivity contribution in [2.75, 3.05) is 19.9 Å². The zero-order chi connectivity index (χ0) is 22.8. The van der Waals surface area contributed by atoms with Crippen LogP contribution in [0.5, 0.6) is 5.75 Å². The van der Waals surface area contributed by atoms with Gasteiger partial charge in [-0.1, -0.05) is 23.2 Å². The Bertz CT molecular complexity index is 1060. The van der Waals surface area contributed by atoms with Crippen molar-refractivity contribution in [1.82, 2.24) is 20.1 Å². The first-order valence-electron chi connectivity index (χ1n) is 10.1. The fourth-order valence-electron chi connectivity index (χ4n) is 3.92. The van der Waals surface area contributed by atoms with E-state index in [-0.39, 0.29) is 32.9 Å². The SMILES string of the molecule is CCn1nc(C(=O)NC[C@H]2CC[C@@H](S(C)(=O)=O)CC2)c(Cl)c1-c1cnc(Cl)cc1OC. The van der Waals surface area contributed by atoms with Crippen molar-refractivity contribution >= 4 is 38.9 Å². The number of ether oxygens (including phenoxy) is 1. The van der Waals surface area contributed by atoms with Crippen molar-refractivity contribution < 1.29 is 17.9 Å². The van der Waals surface area contributed by atoms with Crippen LogP contribution in [0.15, 0.2) is 12.3 Å². The summed E-state index contributed by atoms with van der Waals surface area (Å²) in [5, 5.41) is 7.50. The molecule has 2 aromatic rings. The maximum absolute atomic E-state index is 12.8. The number of hydrogen-bond donors (Lipinski definition) is 1. The molecular formula is C20H26Cl2N4O4S. The fraction of sp³-hybridized carbons (Fsp3) is 0.550. The largest absolute Gasteiger partial charge is 0.496 e. The lowest BCUT2D eigenvalue weighted by Gasteiger charge is -2.27. The molecule has 0 saturated heterocycles. The molecule has 3 rings (SSSR count). The van der Waals surface area contributed by atoms with Crippen LogP contribution in [0.25, 0.3) is 11.3 Å². The summed E-state index contributed by atoms with van der Waals surface area (Å²) in [7, 11) is -1.49. The predicted molar refractivity (Wildman–Crippen MR) is 121 cm³/mol. The smallest absolute Gasteiger partial charge is 0.273 e. The van der Waals surface area contributed by atoms with E-state index in [1.807, 2.05) is 6.92 Å². The lowest BCUT2D eigenvalue weighted by atomic mass is 9.89. The van der Waals surface area contributed by atoms with Gasteiger partial charge in [0.25, 0.3) is 5.91 Å². The molecule has 0 bridgehead atoms. The molecule has 1 N–H and O–H groups in total. The van der Waals surface area contributed by atoms with Crippen LogP contribution in [0.1, 0.15) is 43.1 Å². The van der Waals surface area contributed by atoms with Crippen molar-refractivity contribution in [2.45, 2.75) is 44.4 Å². The van der Waals surface area contributed by atoms with E-state index in [0.29, 0.717) is 42.9 Å². The summed E-state index contributed by atoms with van der Waals surface area (Å²) in [6.07, 6.45) is 5.59. The summed E-state index contributed by atoms with van der Waals surface area (Å²) in [6, 6.07) is 1.58. The Kier molecular flexibility index (Phi) is 7.49. The number of methoxy groups -OCH3 is 1. The first-order valence-corrected chi connectivity index (χ1v) is 12.8. The number of pyridine rings is 1. The molecule has 31 heavy (non-hydrogen) atoms. The van der Waals surface area contributed by atoms with Gasteiger partial charge in [0.1, 0.15) is 20.7 Å². The number of halogens is 2. The van der Waals surface area contributed by atoms with Crippen LogP contribution in [-0.2, 0) is 16.4 Å². The van der Waals surface area contributed by atoms with Crippen molar-refractivity contribution in [2.24, 2.45) is 5.92 Å². The molecule has 0 aliphatic heterocycles. The van der Waals surface area contributed by atoms with Crippen molar-refractivity contribution in [3.63, 3.8) is 0 Å². The van der Waals surface area contributed by atoms with E-state index in [2.05, 4.69) is 15.4 Å². The molecule has 0 atom stereocenters. The number of amides is 1. The van der Waals surface area contributed by atoms with Gasteiger partial charge in [0.2, 0.25) is 0 Å². The Morgan fingerprint density at radius 1 is 1.29 bits per heavy atom. The predicted octanol–water partition coefficient (Wildman–Crippen LogP) is 3.61. The van der Waals surface area contributed by atoms with Gasteiger partial charge in [0, 0.05) is 31.6 Å². The highest BCUT2D eigenvalue weighted by Gasteiger charge is 2.29. The van der Waals surface area contributed by atoms with E-state index in [9.17, 15) is 13.2 Å². The fourth-order valence-corrected chi connectivity index (χ4v) is 5.52. The highest BCUT2D eigenvalue weighted by atomic mass is 35.5. The number of nitrogens with zero attached hydrogens (tertiary/aromatic N) is 3. The van der Waals surface area contributed by atoms with Crippen molar-refractivity contribution in [3.05, 3.63) is 28.1 Å². The van der Waals surface area contributed by atoms with Crippen LogP contribution in [0.3, 0.4) is 0 Å². The zero-order valence-electron chi connectivity index (χ0n) is 17.7. The van der Waals surface area contributed by atoms with Gasteiger partial charge >= 0.3 is 0 Å². The van der Waals surface area contributed by atoms with Gasteiger partial charge in [0.05, 0.1) is 28.6 Å². The number of hydrogen-bond acceptors (Lipinski definition) is 6. The molecule has 1 amide bonds. The van der Waals surface area contributed by atoms with Gasteiger partial charge < -0.3 is 10.1 Å². The Morgan fingerprint density at radius 2 is 1.97 bits per heavy atom. The molecule has 0 aromatic carbocycles. The van der Waals surface area contributed by atoms with Crippen LogP contribution in [0, 0.1) is 5.92 Å². The minimum absolute atomic E-state index is 0.125. The van der Waals surface area contributed by atoms with Crippen molar-refractivity contribution in [3.8, 4) is 17.0 Å². The number of nitrogens with one attached hydrogen (secondary N) is 1. The van der Waals surface area contributed by atoms with Gasteiger partial charge in [-0.3, -0.25) is 9.48 Å². The molecule has 0 radical (unpaired) electrons. The molecule has 2 heterocycles. The van der Waals surface area contributed by atoms with Crippen LogP contribution < -0.4 is 10.1 Å². The second kappa shape index (κ2) is 9.75. The maximum Gasteiger partial charge on any atom is 0.273 e. The number of sulfone groups is 1. The molecule has 0 spiro atoms. The summed E-state index contributed by atoms with van der Waals surface area (Å²) < 4.78 is 30.4. The Balaban J connectivity index is 1.75. The summed E-state index contributed by atoms with van der Waals surface area (Å²) >= 11 is 12.5. The van der Waals surface area contributed by atoms with Crippen LogP contribution in [0.2, 0.25) is 10.2 Å². The summed E-state index contributed by atoms with van der Waals surface area (Å²) in [6.45, 7) is 2.83. The number of rotatable bonds is 7. The summed E-state index contributed by atoms with van der Waals surface area (Å²) in [5.41, 5.74) is 1.24. The molecule has 2 aromatic heterocycles. The second-order valence-electron chi connectivity index (χ2n) is 7.72. The molecule has 8 nitrogen and oxygen atoms in total. The third-order valence-corrected chi connectivity index (χ3v) is 7.91. The number of aromatic nitrogens is 3. The van der Waals surface area contributed by atoms with E-state index < -0.39 is 9.84 Å². The molecule has 11 heteroatoms. The summed E-state index contributed by atoms with van der Waals surface area (Å²) in [4.78, 5) is 16.9. The minimum Gasteiger partial charge on any atom is -0.496 e. The average molecular weight is 489 g/mol. The van der Waals surface area contributed by atoms with Gasteiger partial charge in [-0.15, -0.1) is 0 Å². The lowest BCUT2D eigenvalue weighted by Crippen LogP contribution is -2.34. The lowest BCUT2D eigenvalue weighted by molar-refractivity contribution is 0.0938. The van der Waals surface area contributed by atoms with Crippen LogP contribution in [-0.4, -0.2) is 54.2 Å². The molecule has 1 saturated carbocycles. The first-order chi connectivity index (χ1) is 14.7. The highest BCUT2D eigenvalue weighted by molar-refractivity contribution is 7.91. The topological polar surface area (TPSA) is 103 Å². The van der Waals surface area contributed by atoms with Gasteiger partial charge in [-0.25, -0.2) is 13.4 Å². The quantitative estimate of drug-likeness (QED) is 0.596. The molecule has 1 fully saturated rings. The monoisotopic (exact) mass is 488 g/mol. The van der Waals surface area contributed by atoms with Crippen LogP contribution in [0.4, 0.5) is 0 Å². The van der Waals surface area contributed by atoms with Crippen molar-refractivity contribution in [1.29, 1.82) is 0 Å². The zero-order valence-corrected chi connectivity index (χ0v) is 20.0. The van der Waals surface area contributed by atoms with Gasteiger partial charge in [-0.2, -0.15) is 5.10 Å². The Morgan fingerprint density at radius 3 is 2.55 bits per heavy atom. The third-order valence-electron chi connectivity index (χ3n) is 5.67. The van der Waals surface area contributed by atoms with E-state index in [4.69, 9.17) is 27.9 Å². The minimum atomic E-state index is -3.01. The molecule has 1 aliphatic rings. The Hall–Kier alpha value is -1.84. The van der Waals surface area contributed by atoms with E-state index in [1.165, 1.54) is 19.6 Å². The van der Waals surface area contributed by atoms with Crippen LogP contribution >= 0.6 is 23.2 Å². The molecule has 170 valence electrons. The maximum atomic E-state index is 12.8. The van der Waals surface area contributed by atoms with Gasteiger partial charge in [0.15, 0.2) is 5.69 Å². The number of carbonyl (C=O) groups excluding carboxylic acids is 1. The third kappa shape index (κ3) is 5.32. The van der Waals surface area contributed by atoms with Gasteiger partial charge in [-0.05, 0) is 38.5 Å². The molecule has 1 aliphatic carbocycles. The van der Waals surface area contributed by atoms with E-state index in [0.717, 1.165) is 12.8 Å². The number of carbonyl (C=O) groups is 1. The average Bonchev–Trinajstić information content (AvgIpc) is 3.07. The molecular weight excluding hydrogens is 463 g/mol. The summed E-state index contributed by atoms with van der Waals surface area (Å²) in [5.74, 6) is 0.338. The molecule has 0 unspecified atom stereocenters. The first kappa shape index (κ1) is 23.8. The van der Waals surface area contributed by atoms with E-state index in [1.54, 1.807) is 10.7 Å². The standard InChI is InChI=1S/C20H26Cl2N4O4S/c1-4-26-19(14-11-23-16(21)9-15(14)30-2)17(22)18(25-26)20(27)24-10-12-5-7-13(8-6-12)31(3,28)29/h9,11-13H,4-8,10H2,1-3H3,(H,24,27)/t12-,13+. The Labute approximate surface area is 192 Å². The van der Waals surface area contributed by atoms with E-state index >= 15 is 0 Å². The highest BCUT2D eigenvalue weighted by Crippen LogP contribution is 2.37. The normalized spacial score (nSPS) is 19.3. The second-order valence-corrected chi connectivity index (χ2v) is 10.8.